The summed E-state index contributed by atoms with van der Waals surface area (Å²) in [5.41, 5.74) is 22.3. The number of aromatic amines is 1. The Labute approximate surface area is 172 Å². The third-order valence-electron chi connectivity index (χ3n) is 4.22. The van der Waals surface area contributed by atoms with Crippen LogP contribution in [0.5, 0.6) is 0 Å². The van der Waals surface area contributed by atoms with Gasteiger partial charge in [0.15, 0.2) is 5.96 Å². The number of aromatic nitrogens is 2. The van der Waals surface area contributed by atoms with E-state index in [1.54, 1.807) is 6.20 Å². The summed E-state index contributed by atoms with van der Waals surface area (Å²) >= 11 is 0. The predicted octanol–water partition coefficient (Wildman–Crippen LogP) is -3.27. The lowest BCUT2D eigenvalue weighted by Gasteiger charge is -2.29. The van der Waals surface area contributed by atoms with Gasteiger partial charge in [0.25, 0.3) is 5.91 Å². The Kier molecular flexibility index (Phi) is 8.10. The fourth-order valence-corrected chi connectivity index (χ4v) is 2.90. The van der Waals surface area contributed by atoms with Crippen molar-refractivity contribution < 1.29 is 14.4 Å². The van der Waals surface area contributed by atoms with E-state index in [1.165, 1.54) is 6.33 Å². The second-order valence-electron chi connectivity index (χ2n) is 6.76. The van der Waals surface area contributed by atoms with E-state index in [4.69, 9.17) is 22.9 Å². The van der Waals surface area contributed by atoms with E-state index in [1.807, 2.05) is 0 Å². The van der Waals surface area contributed by atoms with Crippen LogP contribution in [0.15, 0.2) is 22.5 Å². The standard InChI is InChI=1S/C16H27N11O3/c17-8(2-1-3-22-14(18)19)4-11(28)25-12-10(5-9-6-21-7-23-9)24-16(26-13(12)29)27-15(20)30/h6-8,10,12H,1-5,17H2,(H,21,23)(H,25,28)(H4,18,19,22)(H4,20,24,26,27,29,30)/t8-,10?,12-/m0/s1. The van der Waals surface area contributed by atoms with Crippen LogP contribution in [0.3, 0.4) is 0 Å². The predicted molar refractivity (Wildman–Crippen MR) is 109 cm³/mol. The Morgan fingerprint density at radius 2 is 2.07 bits per heavy atom. The molecule has 30 heavy (non-hydrogen) atoms. The van der Waals surface area contributed by atoms with Crippen LogP contribution in [0.1, 0.15) is 25.0 Å². The van der Waals surface area contributed by atoms with Crippen molar-refractivity contribution in [3.63, 3.8) is 0 Å². The van der Waals surface area contributed by atoms with Gasteiger partial charge in [0.05, 0.1) is 12.4 Å². The second-order valence-corrected chi connectivity index (χ2v) is 6.76. The van der Waals surface area contributed by atoms with E-state index in [0.29, 0.717) is 25.1 Å². The number of nitrogens with one attached hydrogen (secondary N) is 4. The van der Waals surface area contributed by atoms with Crippen LogP contribution in [0, 0.1) is 0 Å². The van der Waals surface area contributed by atoms with Gasteiger partial charge >= 0.3 is 6.03 Å². The van der Waals surface area contributed by atoms with Crippen molar-refractivity contribution in [3.8, 4) is 0 Å². The van der Waals surface area contributed by atoms with Gasteiger partial charge < -0.3 is 33.2 Å². The van der Waals surface area contributed by atoms with E-state index < -0.39 is 36.0 Å². The maximum atomic E-state index is 12.5. The molecule has 14 heteroatoms. The van der Waals surface area contributed by atoms with E-state index in [2.05, 4.69) is 35.9 Å². The Morgan fingerprint density at radius 3 is 2.70 bits per heavy atom. The maximum Gasteiger partial charge on any atom is 0.318 e. The molecule has 1 aromatic rings. The summed E-state index contributed by atoms with van der Waals surface area (Å²) in [7, 11) is 0. The van der Waals surface area contributed by atoms with E-state index in [9.17, 15) is 14.4 Å². The number of amides is 4. The molecule has 0 fully saturated rings. The molecule has 1 aliphatic rings. The Morgan fingerprint density at radius 1 is 1.30 bits per heavy atom. The normalized spacial score (nSPS) is 19.2. The maximum absolute atomic E-state index is 12.5. The third-order valence-corrected chi connectivity index (χ3v) is 4.22. The number of hydrogen-bond donors (Lipinski definition) is 8. The van der Waals surface area contributed by atoms with E-state index in [-0.39, 0.29) is 24.8 Å². The Hall–Kier alpha value is -3.68. The molecule has 14 nitrogen and oxygen atoms in total. The van der Waals surface area contributed by atoms with Crippen LogP contribution in [0.2, 0.25) is 0 Å². The molecule has 4 amide bonds. The minimum atomic E-state index is -0.965. The lowest BCUT2D eigenvalue weighted by Crippen LogP contribution is -2.61. The van der Waals surface area contributed by atoms with Gasteiger partial charge in [0, 0.05) is 37.3 Å². The van der Waals surface area contributed by atoms with Crippen molar-refractivity contribution in [3.05, 3.63) is 18.2 Å². The highest BCUT2D eigenvalue weighted by Gasteiger charge is 2.35. The van der Waals surface area contributed by atoms with Crippen molar-refractivity contribution in [2.75, 3.05) is 6.54 Å². The van der Waals surface area contributed by atoms with Crippen LogP contribution in [0.25, 0.3) is 0 Å². The molecular weight excluding hydrogens is 394 g/mol. The first kappa shape index (κ1) is 22.6. The number of rotatable bonds is 9. The zero-order valence-electron chi connectivity index (χ0n) is 16.3. The van der Waals surface area contributed by atoms with Crippen LogP contribution >= 0.6 is 0 Å². The summed E-state index contributed by atoms with van der Waals surface area (Å²) in [6, 6.07) is -2.95. The molecule has 0 saturated heterocycles. The summed E-state index contributed by atoms with van der Waals surface area (Å²) < 4.78 is 0. The molecule has 0 aromatic carbocycles. The van der Waals surface area contributed by atoms with Gasteiger partial charge in [0.2, 0.25) is 11.9 Å². The molecule has 0 radical (unpaired) electrons. The monoisotopic (exact) mass is 421 g/mol. The number of hydrogen-bond acceptors (Lipinski definition) is 7. The molecule has 0 bridgehead atoms. The summed E-state index contributed by atoms with van der Waals surface area (Å²) in [6.07, 6.45) is 4.49. The number of primary amides is 1. The van der Waals surface area contributed by atoms with Gasteiger partial charge in [-0.1, -0.05) is 0 Å². The molecule has 2 rings (SSSR count). The number of carbonyl (C=O) groups is 3. The average Bonchev–Trinajstić information content (AvgIpc) is 3.14. The van der Waals surface area contributed by atoms with Crippen LogP contribution in [-0.2, 0) is 16.0 Å². The van der Waals surface area contributed by atoms with E-state index in [0.717, 1.165) is 0 Å². The first-order chi connectivity index (χ1) is 14.2. The topological polar surface area (TPSA) is 245 Å². The summed E-state index contributed by atoms with van der Waals surface area (Å²) in [6.45, 7) is 0.416. The van der Waals surface area contributed by atoms with Gasteiger partial charge in [-0.15, -0.1) is 0 Å². The van der Waals surface area contributed by atoms with Crippen LogP contribution in [-0.4, -0.2) is 64.4 Å². The molecule has 0 saturated carbocycles. The number of nitrogens with two attached hydrogens (primary N) is 4. The first-order valence-corrected chi connectivity index (χ1v) is 9.27. The molecule has 164 valence electrons. The van der Waals surface area contributed by atoms with Gasteiger partial charge in [0.1, 0.15) is 6.04 Å². The number of imidazole rings is 1. The molecule has 0 aliphatic carbocycles. The van der Waals surface area contributed by atoms with Crippen molar-refractivity contribution in [1.29, 1.82) is 0 Å². The second kappa shape index (κ2) is 10.8. The molecule has 1 aliphatic heterocycles. The first-order valence-electron chi connectivity index (χ1n) is 9.27. The van der Waals surface area contributed by atoms with E-state index >= 15 is 0 Å². The third kappa shape index (κ3) is 7.38. The zero-order chi connectivity index (χ0) is 22.1. The number of H-pyrrole nitrogens is 1. The molecule has 1 aromatic heterocycles. The van der Waals surface area contributed by atoms with Crippen LogP contribution in [0.4, 0.5) is 4.79 Å². The molecule has 3 atom stereocenters. The molecule has 12 N–H and O–H groups in total. The Balaban J connectivity index is 1.99. The minimum absolute atomic E-state index is 0.00122. The minimum Gasteiger partial charge on any atom is -0.370 e. The highest BCUT2D eigenvalue weighted by molar-refractivity contribution is 6.07. The fraction of sp³-hybridized carbons (Fsp3) is 0.500. The van der Waals surface area contributed by atoms with Gasteiger partial charge in [-0.3, -0.25) is 25.2 Å². The van der Waals surface area contributed by atoms with Crippen molar-refractivity contribution in [2.24, 2.45) is 32.9 Å². The molecule has 0 spiro atoms. The van der Waals surface area contributed by atoms with Crippen molar-refractivity contribution in [1.82, 2.24) is 25.9 Å². The van der Waals surface area contributed by atoms with Gasteiger partial charge in [-0.25, -0.2) is 14.8 Å². The lowest BCUT2D eigenvalue weighted by molar-refractivity contribution is -0.129. The molecular formula is C16H27N11O3. The van der Waals surface area contributed by atoms with Crippen LogP contribution < -0.4 is 38.9 Å². The van der Waals surface area contributed by atoms with Crippen molar-refractivity contribution >= 4 is 29.8 Å². The number of aliphatic imine (C=N–C) groups is 2. The zero-order valence-corrected chi connectivity index (χ0v) is 16.3. The number of carbonyl (C=O) groups excluding carboxylic acids is 3. The largest absolute Gasteiger partial charge is 0.370 e. The summed E-state index contributed by atoms with van der Waals surface area (Å²) in [5.74, 6) is -1.02. The van der Waals surface area contributed by atoms with Crippen molar-refractivity contribution in [2.45, 2.75) is 43.8 Å². The number of nitrogens with zero attached hydrogens (tertiary/aromatic N) is 3. The number of urea groups is 1. The van der Waals surface area contributed by atoms with Gasteiger partial charge in [-0.05, 0) is 12.8 Å². The summed E-state index contributed by atoms with van der Waals surface area (Å²) in [4.78, 5) is 51.0. The quantitative estimate of drug-likeness (QED) is 0.115. The highest BCUT2D eigenvalue weighted by atomic mass is 16.2. The number of guanidine groups is 2. The smallest absolute Gasteiger partial charge is 0.318 e. The Bertz CT molecular complexity index is 801. The molecule has 2 heterocycles. The lowest BCUT2D eigenvalue weighted by atomic mass is 10.0. The summed E-state index contributed by atoms with van der Waals surface area (Å²) in [5, 5.41) is 7.30. The molecule has 1 unspecified atom stereocenters. The SMILES string of the molecule is NC(=O)NC1=NC(Cc2cnc[nH]2)[C@H](NC(=O)C[C@@H](N)CCCN=C(N)N)C(=O)N1. The van der Waals surface area contributed by atoms with Gasteiger partial charge in [-0.2, -0.15) is 0 Å². The fourth-order valence-electron chi connectivity index (χ4n) is 2.90. The highest BCUT2D eigenvalue weighted by Crippen LogP contribution is 2.12. The average molecular weight is 421 g/mol.